The predicted molar refractivity (Wildman–Crippen MR) is 67.1 cm³/mol. The molecule has 0 aliphatic carbocycles. The van der Waals surface area contributed by atoms with Gasteiger partial charge in [-0.1, -0.05) is 26.0 Å². The molecule has 3 nitrogen and oxygen atoms in total. The molecule has 0 saturated heterocycles. The molecule has 1 heterocycles. The lowest BCUT2D eigenvalue weighted by Gasteiger charge is -2.07. The molecule has 4 heteroatoms. The number of aryl methyl sites for hydroxylation is 1. The molecular formula is C13H16FN3. The molecule has 0 unspecified atom stereocenters. The third-order valence-corrected chi connectivity index (χ3v) is 2.84. The summed E-state index contributed by atoms with van der Waals surface area (Å²) in [5.41, 5.74) is 8.01. The normalized spacial score (nSPS) is 11.1. The van der Waals surface area contributed by atoms with Gasteiger partial charge >= 0.3 is 0 Å². The fourth-order valence-electron chi connectivity index (χ4n) is 1.97. The van der Waals surface area contributed by atoms with E-state index in [2.05, 4.69) is 5.10 Å². The van der Waals surface area contributed by atoms with Crippen LogP contribution in [0.25, 0.3) is 11.3 Å². The van der Waals surface area contributed by atoms with Gasteiger partial charge < -0.3 is 5.73 Å². The van der Waals surface area contributed by atoms with Crippen molar-refractivity contribution in [3.8, 4) is 11.3 Å². The third kappa shape index (κ3) is 1.90. The van der Waals surface area contributed by atoms with Gasteiger partial charge in [-0.15, -0.1) is 0 Å². The van der Waals surface area contributed by atoms with Crippen LogP contribution >= 0.6 is 0 Å². The molecular weight excluding hydrogens is 217 g/mol. The highest BCUT2D eigenvalue weighted by molar-refractivity contribution is 5.69. The largest absolute Gasteiger partial charge is 0.384 e. The van der Waals surface area contributed by atoms with E-state index in [-0.39, 0.29) is 11.7 Å². The molecule has 1 aromatic heterocycles. The third-order valence-electron chi connectivity index (χ3n) is 2.84. The van der Waals surface area contributed by atoms with Gasteiger partial charge in [0.2, 0.25) is 0 Å². The SMILES string of the molecule is CC(C)c1c(-c2ccccc2F)nn(C)c1N. The lowest BCUT2D eigenvalue weighted by atomic mass is 9.98. The molecule has 2 rings (SSSR count). The molecule has 0 fully saturated rings. The zero-order chi connectivity index (χ0) is 12.6. The summed E-state index contributed by atoms with van der Waals surface area (Å²) in [5, 5.41) is 4.31. The van der Waals surface area contributed by atoms with Crippen LogP contribution in [-0.2, 0) is 7.05 Å². The molecule has 0 aliphatic heterocycles. The smallest absolute Gasteiger partial charge is 0.132 e. The lowest BCUT2D eigenvalue weighted by Crippen LogP contribution is -2.00. The van der Waals surface area contributed by atoms with Gasteiger partial charge in [-0.2, -0.15) is 5.10 Å². The van der Waals surface area contributed by atoms with Crippen molar-refractivity contribution in [1.82, 2.24) is 9.78 Å². The monoisotopic (exact) mass is 233 g/mol. The quantitative estimate of drug-likeness (QED) is 0.866. The molecule has 0 bridgehead atoms. The van der Waals surface area contributed by atoms with Crippen molar-refractivity contribution in [3.63, 3.8) is 0 Å². The van der Waals surface area contributed by atoms with Crippen molar-refractivity contribution in [3.05, 3.63) is 35.6 Å². The van der Waals surface area contributed by atoms with Gasteiger partial charge in [-0.3, -0.25) is 4.68 Å². The minimum absolute atomic E-state index is 0.207. The highest BCUT2D eigenvalue weighted by Gasteiger charge is 2.19. The van der Waals surface area contributed by atoms with Gasteiger partial charge in [-0.25, -0.2) is 4.39 Å². The maximum Gasteiger partial charge on any atom is 0.132 e. The molecule has 0 spiro atoms. The second-order valence-corrected chi connectivity index (χ2v) is 4.41. The van der Waals surface area contributed by atoms with Crippen molar-refractivity contribution < 1.29 is 4.39 Å². The first-order valence-electron chi connectivity index (χ1n) is 5.59. The Morgan fingerprint density at radius 1 is 1.29 bits per heavy atom. The number of halogens is 1. The van der Waals surface area contributed by atoms with Crippen molar-refractivity contribution in [2.75, 3.05) is 5.73 Å². The van der Waals surface area contributed by atoms with Crippen molar-refractivity contribution >= 4 is 5.82 Å². The molecule has 0 atom stereocenters. The molecule has 2 N–H and O–H groups in total. The molecule has 0 saturated carbocycles. The fourth-order valence-corrected chi connectivity index (χ4v) is 1.97. The summed E-state index contributed by atoms with van der Waals surface area (Å²) >= 11 is 0. The van der Waals surface area contributed by atoms with E-state index in [0.29, 0.717) is 17.1 Å². The average Bonchev–Trinajstić information content (AvgIpc) is 2.56. The number of nitrogens with two attached hydrogens (primary N) is 1. The first kappa shape index (κ1) is 11.6. The van der Waals surface area contributed by atoms with Crippen LogP contribution in [0.5, 0.6) is 0 Å². The number of hydrogen-bond donors (Lipinski definition) is 1. The Balaban J connectivity index is 2.68. The van der Waals surface area contributed by atoms with Crippen LogP contribution < -0.4 is 5.73 Å². The van der Waals surface area contributed by atoms with Gasteiger partial charge in [0, 0.05) is 18.2 Å². The first-order valence-corrected chi connectivity index (χ1v) is 5.59. The van der Waals surface area contributed by atoms with E-state index >= 15 is 0 Å². The number of rotatable bonds is 2. The van der Waals surface area contributed by atoms with Gasteiger partial charge in [0.15, 0.2) is 0 Å². The second-order valence-electron chi connectivity index (χ2n) is 4.41. The summed E-state index contributed by atoms with van der Waals surface area (Å²) in [4.78, 5) is 0. The summed E-state index contributed by atoms with van der Waals surface area (Å²) in [5.74, 6) is 0.532. The summed E-state index contributed by atoms with van der Waals surface area (Å²) < 4.78 is 15.4. The Bertz CT molecular complexity index is 544. The summed E-state index contributed by atoms with van der Waals surface area (Å²) in [6.45, 7) is 4.05. The molecule has 0 aliphatic rings. The van der Waals surface area contributed by atoms with Crippen LogP contribution in [0, 0.1) is 5.82 Å². The van der Waals surface area contributed by atoms with Gasteiger partial charge in [0.05, 0.1) is 0 Å². The van der Waals surface area contributed by atoms with Crippen LogP contribution in [0.2, 0.25) is 0 Å². The minimum Gasteiger partial charge on any atom is -0.384 e. The molecule has 2 aromatic rings. The van der Waals surface area contributed by atoms with E-state index in [1.807, 2.05) is 13.8 Å². The number of nitrogen functional groups attached to an aromatic ring is 1. The number of benzene rings is 1. The van der Waals surface area contributed by atoms with Crippen LogP contribution in [0.4, 0.5) is 10.2 Å². The Kier molecular flexibility index (Phi) is 2.88. The topological polar surface area (TPSA) is 43.8 Å². The highest BCUT2D eigenvalue weighted by atomic mass is 19.1. The number of nitrogens with zero attached hydrogens (tertiary/aromatic N) is 2. The maximum absolute atomic E-state index is 13.8. The molecule has 0 amide bonds. The zero-order valence-electron chi connectivity index (χ0n) is 10.2. The molecule has 0 radical (unpaired) electrons. The Morgan fingerprint density at radius 3 is 2.53 bits per heavy atom. The molecule has 90 valence electrons. The standard InChI is InChI=1S/C13H16FN3/c1-8(2)11-12(16-17(3)13(11)15)9-6-4-5-7-10(9)14/h4-8H,15H2,1-3H3. The van der Waals surface area contributed by atoms with E-state index in [1.165, 1.54) is 6.07 Å². The number of hydrogen-bond acceptors (Lipinski definition) is 2. The van der Waals surface area contributed by atoms with E-state index < -0.39 is 0 Å². The molecule has 1 aromatic carbocycles. The Hall–Kier alpha value is -1.84. The van der Waals surface area contributed by atoms with E-state index in [0.717, 1.165) is 5.56 Å². The van der Waals surface area contributed by atoms with Crippen molar-refractivity contribution in [2.45, 2.75) is 19.8 Å². The second kappa shape index (κ2) is 4.20. The first-order chi connectivity index (χ1) is 8.02. The Labute approximate surface area is 100 Å². The predicted octanol–water partition coefficient (Wildman–Crippen LogP) is 2.93. The number of anilines is 1. The maximum atomic E-state index is 13.8. The summed E-state index contributed by atoms with van der Waals surface area (Å²) in [6.07, 6.45) is 0. The van der Waals surface area contributed by atoms with E-state index in [1.54, 1.807) is 29.9 Å². The van der Waals surface area contributed by atoms with Crippen molar-refractivity contribution in [2.24, 2.45) is 7.05 Å². The Morgan fingerprint density at radius 2 is 1.94 bits per heavy atom. The van der Waals surface area contributed by atoms with Crippen LogP contribution in [0.15, 0.2) is 24.3 Å². The van der Waals surface area contributed by atoms with Gasteiger partial charge in [0.1, 0.15) is 17.3 Å². The highest BCUT2D eigenvalue weighted by Crippen LogP contribution is 2.33. The molecule has 17 heavy (non-hydrogen) atoms. The van der Waals surface area contributed by atoms with Crippen molar-refractivity contribution in [1.29, 1.82) is 0 Å². The van der Waals surface area contributed by atoms with Crippen LogP contribution in [0.1, 0.15) is 25.3 Å². The fraction of sp³-hybridized carbons (Fsp3) is 0.308. The van der Waals surface area contributed by atoms with E-state index in [9.17, 15) is 4.39 Å². The average molecular weight is 233 g/mol. The van der Waals surface area contributed by atoms with Gasteiger partial charge in [0.25, 0.3) is 0 Å². The van der Waals surface area contributed by atoms with E-state index in [4.69, 9.17) is 5.73 Å². The van der Waals surface area contributed by atoms with Gasteiger partial charge in [-0.05, 0) is 18.1 Å². The lowest BCUT2D eigenvalue weighted by molar-refractivity contribution is 0.629. The van der Waals surface area contributed by atoms with Crippen LogP contribution in [-0.4, -0.2) is 9.78 Å². The zero-order valence-corrected chi connectivity index (χ0v) is 10.2. The van der Waals surface area contributed by atoms with Crippen LogP contribution in [0.3, 0.4) is 0 Å². The summed E-state index contributed by atoms with van der Waals surface area (Å²) in [7, 11) is 1.77. The minimum atomic E-state index is -0.271. The number of aromatic nitrogens is 2. The summed E-state index contributed by atoms with van der Waals surface area (Å²) in [6, 6.07) is 6.63.